The first-order valence-electron chi connectivity index (χ1n) is 12.2. The van der Waals surface area contributed by atoms with E-state index in [1.54, 1.807) is 12.4 Å². The smallest absolute Gasteiger partial charge is 0.233 e. The summed E-state index contributed by atoms with van der Waals surface area (Å²) in [5.41, 5.74) is 4.42. The summed E-state index contributed by atoms with van der Waals surface area (Å²) in [6.07, 6.45) is 6.62. The van der Waals surface area contributed by atoms with Gasteiger partial charge in [-0.2, -0.15) is 0 Å². The van der Waals surface area contributed by atoms with Crippen molar-refractivity contribution < 1.29 is 9.53 Å². The van der Waals surface area contributed by atoms with Crippen LogP contribution in [0.15, 0.2) is 78.2 Å². The molecule has 1 atom stereocenters. The summed E-state index contributed by atoms with van der Waals surface area (Å²) < 4.78 is 7.59. The molecule has 7 nitrogen and oxygen atoms in total. The molecular formula is C28H29N5O2S. The second-order valence-electron chi connectivity index (χ2n) is 8.70. The third-order valence-corrected chi connectivity index (χ3v) is 7.41. The lowest BCUT2D eigenvalue weighted by atomic mass is 9.87. The quantitative estimate of drug-likeness (QED) is 0.304. The van der Waals surface area contributed by atoms with Gasteiger partial charge in [-0.25, -0.2) is 0 Å². The molecule has 2 heterocycles. The minimum atomic E-state index is 0.0772. The van der Waals surface area contributed by atoms with Gasteiger partial charge >= 0.3 is 0 Å². The van der Waals surface area contributed by atoms with Crippen LogP contribution in [0.5, 0.6) is 5.75 Å². The molecular weight excluding hydrogens is 470 g/mol. The summed E-state index contributed by atoms with van der Waals surface area (Å²) in [6.45, 7) is 2.57. The van der Waals surface area contributed by atoms with E-state index in [4.69, 9.17) is 4.74 Å². The van der Waals surface area contributed by atoms with Crippen molar-refractivity contribution >= 4 is 17.7 Å². The van der Waals surface area contributed by atoms with Crippen LogP contribution in [-0.4, -0.2) is 50.0 Å². The molecule has 1 aliphatic rings. The number of ether oxygens (including phenoxy) is 1. The zero-order chi connectivity index (χ0) is 24.9. The molecule has 5 rings (SSSR count). The van der Waals surface area contributed by atoms with Crippen LogP contribution in [0.1, 0.15) is 36.9 Å². The molecule has 0 spiro atoms. The van der Waals surface area contributed by atoms with Gasteiger partial charge in [-0.05, 0) is 73.7 Å². The number of nitrogens with zero attached hydrogens (tertiary/aromatic N) is 5. The van der Waals surface area contributed by atoms with Crippen molar-refractivity contribution in [1.82, 2.24) is 24.6 Å². The Hall–Kier alpha value is -3.65. The first-order valence-corrected chi connectivity index (χ1v) is 13.2. The van der Waals surface area contributed by atoms with Gasteiger partial charge in [-0.3, -0.25) is 14.3 Å². The maximum Gasteiger partial charge on any atom is 0.233 e. The fourth-order valence-corrected chi connectivity index (χ4v) is 5.55. The fraction of sp³-hybridized carbons (Fsp3) is 0.286. The summed E-state index contributed by atoms with van der Waals surface area (Å²) in [7, 11) is 1.91. The Morgan fingerprint density at radius 2 is 1.86 bits per heavy atom. The molecule has 0 N–H and O–H groups in total. The first kappa shape index (κ1) is 24.1. The maximum absolute atomic E-state index is 13.3. The van der Waals surface area contributed by atoms with Gasteiger partial charge in [0.25, 0.3) is 0 Å². The lowest BCUT2D eigenvalue weighted by molar-refractivity contribution is -0.129. The molecule has 0 bridgehead atoms. The lowest BCUT2D eigenvalue weighted by Crippen LogP contribution is -2.34. The largest absolute Gasteiger partial charge is 0.494 e. The van der Waals surface area contributed by atoms with Gasteiger partial charge in [0.05, 0.1) is 18.4 Å². The molecule has 4 aromatic rings. The van der Waals surface area contributed by atoms with Gasteiger partial charge in [0.15, 0.2) is 11.0 Å². The molecule has 0 saturated heterocycles. The predicted molar refractivity (Wildman–Crippen MR) is 141 cm³/mol. The molecule has 2 aromatic heterocycles. The van der Waals surface area contributed by atoms with Crippen molar-refractivity contribution in [3.8, 4) is 22.8 Å². The molecule has 0 radical (unpaired) electrons. The number of hydrogen-bond donors (Lipinski definition) is 0. The van der Waals surface area contributed by atoms with Gasteiger partial charge in [-0.15, -0.1) is 10.2 Å². The average molecular weight is 500 g/mol. The van der Waals surface area contributed by atoms with Crippen LogP contribution in [-0.2, 0) is 11.2 Å². The first-order chi connectivity index (χ1) is 17.7. The van der Waals surface area contributed by atoms with Gasteiger partial charge in [0.2, 0.25) is 5.91 Å². The zero-order valence-electron chi connectivity index (χ0n) is 20.5. The van der Waals surface area contributed by atoms with Crippen molar-refractivity contribution in [2.75, 3.05) is 19.4 Å². The summed E-state index contributed by atoms with van der Waals surface area (Å²) in [5, 5.41) is 9.60. The number of hydrogen-bond acceptors (Lipinski definition) is 6. The number of aryl methyl sites for hydroxylation is 1. The predicted octanol–water partition coefficient (Wildman–Crippen LogP) is 5.36. The topological polar surface area (TPSA) is 73.1 Å². The monoisotopic (exact) mass is 499 g/mol. The number of fused-ring (bicyclic) bond motifs is 1. The van der Waals surface area contributed by atoms with Crippen molar-refractivity contribution in [2.24, 2.45) is 0 Å². The number of pyridine rings is 1. The highest BCUT2D eigenvalue weighted by molar-refractivity contribution is 7.99. The minimum absolute atomic E-state index is 0.0772. The van der Waals surface area contributed by atoms with Gasteiger partial charge in [0.1, 0.15) is 5.75 Å². The number of rotatable bonds is 8. The highest BCUT2D eigenvalue weighted by Gasteiger charge is 2.27. The Balaban J connectivity index is 1.39. The second-order valence-corrected chi connectivity index (χ2v) is 9.65. The molecule has 0 saturated carbocycles. The van der Waals surface area contributed by atoms with E-state index < -0.39 is 0 Å². The normalized spacial score (nSPS) is 14.8. The number of carbonyl (C=O) groups is 1. The van der Waals surface area contributed by atoms with Crippen LogP contribution >= 0.6 is 11.8 Å². The molecule has 0 unspecified atom stereocenters. The minimum Gasteiger partial charge on any atom is -0.494 e. The molecule has 36 heavy (non-hydrogen) atoms. The Morgan fingerprint density at radius 3 is 2.64 bits per heavy atom. The van der Waals surface area contributed by atoms with Crippen LogP contribution in [0.4, 0.5) is 0 Å². The average Bonchev–Trinajstić information content (AvgIpc) is 3.36. The van der Waals surface area contributed by atoms with E-state index in [0.717, 1.165) is 36.3 Å². The molecule has 184 valence electrons. The Kier molecular flexibility index (Phi) is 7.32. The molecule has 2 aromatic carbocycles. The van der Waals surface area contributed by atoms with E-state index >= 15 is 0 Å². The van der Waals surface area contributed by atoms with Crippen LogP contribution in [0.25, 0.3) is 17.1 Å². The summed E-state index contributed by atoms with van der Waals surface area (Å²) in [4.78, 5) is 19.3. The van der Waals surface area contributed by atoms with E-state index in [2.05, 4.69) is 39.4 Å². The van der Waals surface area contributed by atoms with E-state index in [1.807, 2.05) is 59.8 Å². The molecule has 0 fully saturated rings. The van der Waals surface area contributed by atoms with Crippen molar-refractivity contribution in [3.05, 3.63) is 84.2 Å². The van der Waals surface area contributed by atoms with Gasteiger partial charge < -0.3 is 9.64 Å². The van der Waals surface area contributed by atoms with Crippen LogP contribution in [0.2, 0.25) is 0 Å². The summed E-state index contributed by atoms with van der Waals surface area (Å²) in [6, 6.07) is 20.2. The van der Waals surface area contributed by atoms with E-state index in [1.165, 1.54) is 22.9 Å². The van der Waals surface area contributed by atoms with E-state index in [0.29, 0.717) is 17.6 Å². The Labute approximate surface area is 215 Å². The number of amides is 1. The standard InChI is InChI=1S/C28H29N5O2S/c1-3-35-23-13-11-22(12-14-23)33-27(21-15-17-29-18-16-21)30-31-28(33)36-19-26(34)32(2)25-10-6-8-20-7-4-5-9-24(20)25/h4-5,7,9,11-18,25H,3,6,8,10,19H2,1-2H3/t25-/m1/s1. The van der Waals surface area contributed by atoms with Gasteiger partial charge in [0, 0.05) is 30.7 Å². The number of thioether (sulfide) groups is 1. The van der Waals surface area contributed by atoms with Gasteiger partial charge in [-0.1, -0.05) is 36.0 Å². The fourth-order valence-electron chi connectivity index (χ4n) is 4.67. The van der Waals surface area contributed by atoms with Crippen molar-refractivity contribution in [1.29, 1.82) is 0 Å². The van der Waals surface area contributed by atoms with Crippen molar-refractivity contribution in [2.45, 2.75) is 37.4 Å². The molecule has 8 heteroatoms. The number of benzene rings is 2. The molecule has 0 aliphatic heterocycles. The summed E-state index contributed by atoms with van der Waals surface area (Å²) >= 11 is 1.40. The van der Waals surface area contributed by atoms with Crippen LogP contribution in [0.3, 0.4) is 0 Å². The zero-order valence-corrected chi connectivity index (χ0v) is 21.3. The van der Waals surface area contributed by atoms with E-state index in [-0.39, 0.29) is 17.7 Å². The van der Waals surface area contributed by atoms with Crippen LogP contribution < -0.4 is 4.74 Å². The number of carbonyl (C=O) groups excluding carboxylic acids is 1. The van der Waals surface area contributed by atoms with E-state index in [9.17, 15) is 4.79 Å². The molecule has 1 amide bonds. The molecule has 1 aliphatic carbocycles. The highest BCUT2D eigenvalue weighted by Crippen LogP contribution is 2.34. The van der Waals surface area contributed by atoms with Crippen molar-refractivity contribution in [3.63, 3.8) is 0 Å². The third kappa shape index (κ3) is 4.99. The highest BCUT2D eigenvalue weighted by atomic mass is 32.2. The Morgan fingerprint density at radius 1 is 1.08 bits per heavy atom. The Bertz CT molecular complexity index is 1320. The summed E-state index contributed by atoms with van der Waals surface area (Å²) in [5.74, 6) is 1.86. The third-order valence-electron chi connectivity index (χ3n) is 6.50. The lowest BCUT2D eigenvalue weighted by Gasteiger charge is -2.33. The number of aromatic nitrogens is 4. The SMILES string of the molecule is CCOc1ccc(-n2c(SCC(=O)N(C)[C@@H]3CCCc4ccccc43)nnc2-c2ccncc2)cc1. The second kappa shape index (κ2) is 11.0. The maximum atomic E-state index is 13.3. The van der Waals surface area contributed by atoms with Crippen LogP contribution in [0, 0.1) is 0 Å².